The minimum absolute atomic E-state index is 0.142. The van der Waals surface area contributed by atoms with Crippen LogP contribution >= 0.6 is 11.6 Å². The summed E-state index contributed by atoms with van der Waals surface area (Å²) in [6.45, 7) is 4.39. The molecule has 0 heterocycles. The third kappa shape index (κ3) is 6.28. The van der Waals surface area contributed by atoms with Crippen molar-refractivity contribution in [3.63, 3.8) is 0 Å². The van der Waals surface area contributed by atoms with E-state index in [1.807, 2.05) is 0 Å². The molecule has 0 aliphatic heterocycles. The van der Waals surface area contributed by atoms with Crippen molar-refractivity contribution in [3.8, 4) is 0 Å². The summed E-state index contributed by atoms with van der Waals surface area (Å²) in [4.78, 5) is 24.1. The number of hydrazine groups is 1. The monoisotopic (exact) mass is 437 g/mol. The molecule has 2 N–H and O–H groups in total. The highest BCUT2D eigenvalue weighted by Crippen LogP contribution is 2.17. The van der Waals surface area contributed by atoms with Crippen molar-refractivity contribution in [2.24, 2.45) is 0 Å². The minimum Gasteiger partial charge on any atom is -0.273 e. The van der Waals surface area contributed by atoms with Crippen LogP contribution < -0.4 is 10.9 Å². The summed E-state index contributed by atoms with van der Waals surface area (Å²) in [5.41, 5.74) is 5.90. The molecular formula is C20H24ClN3O4S. The molecule has 0 bridgehead atoms. The SMILES string of the molecule is CCN(CC)S(=O)(=O)c1ccc(CCC(=O)NNC(=O)c2ccc(Cl)cc2)cc1. The van der Waals surface area contributed by atoms with Crippen molar-refractivity contribution in [2.45, 2.75) is 31.6 Å². The zero-order chi connectivity index (χ0) is 21.4. The maximum Gasteiger partial charge on any atom is 0.269 e. The zero-order valence-electron chi connectivity index (χ0n) is 16.3. The number of hydrogen-bond donors (Lipinski definition) is 2. The first-order chi connectivity index (χ1) is 13.8. The second-order valence-electron chi connectivity index (χ2n) is 6.24. The number of nitrogens with one attached hydrogen (secondary N) is 2. The first-order valence-electron chi connectivity index (χ1n) is 9.21. The smallest absolute Gasteiger partial charge is 0.269 e. The van der Waals surface area contributed by atoms with Crippen molar-refractivity contribution in [3.05, 3.63) is 64.7 Å². The highest BCUT2D eigenvalue weighted by atomic mass is 35.5. The molecule has 0 aliphatic rings. The van der Waals surface area contributed by atoms with Crippen molar-refractivity contribution in [1.29, 1.82) is 0 Å². The number of carbonyl (C=O) groups is 2. The summed E-state index contributed by atoms with van der Waals surface area (Å²) in [7, 11) is -3.50. The normalized spacial score (nSPS) is 11.3. The number of carbonyl (C=O) groups excluding carboxylic acids is 2. The van der Waals surface area contributed by atoms with E-state index in [1.165, 1.54) is 4.31 Å². The Morgan fingerprint density at radius 1 is 0.931 bits per heavy atom. The van der Waals surface area contributed by atoms with Crippen LogP contribution in [0.15, 0.2) is 53.4 Å². The molecule has 0 fully saturated rings. The van der Waals surface area contributed by atoms with Crippen molar-refractivity contribution in [2.75, 3.05) is 13.1 Å². The first-order valence-corrected chi connectivity index (χ1v) is 11.0. The van der Waals surface area contributed by atoms with Gasteiger partial charge >= 0.3 is 0 Å². The topological polar surface area (TPSA) is 95.6 Å². The maximum atomic E-state index is 12.5. The number of hydrogen-bond acceptors (Lipinski definition) is 4. The van der Waals surface area contributed by atoms with E-state index in [4.69, 9.17) is 11.6 Å². The molecule has 2 amide bonds. The third-order valence-electron chi connectivity index (χ3n) is 4.33. The predicted octanol–water partition coefficient (Wildman–Crippen LogP) is 2.76. The second-order valence-corrected chi connectivity index (χ2v) is 8.62. The molecule has 2 aromatic carbocycles. The van der Waals surface area contributed by atoms with Crippen LogP contribution in [0, 0.1) is 0 Å². The number of halogens is 1. The van der Waals surface area contributed by atoms with Crippen LogP contribution in [-0.4, -0.2) is 37.6 Å². The lowest BCUT2D eigenvalue weighted by Gasteiger charge is -2.18. The van der Waals surface area contributed by atoms with Crippen LogP contribution in [0.5, 0.6) is 0 Å². The number of sulfonamides is 1. The van der Waals surface area contributed by atoms with E-state index >= 15 is 0 Å². The van der Waals surface area contributed by atoms with Gasteiger partial charge in [0.05, 0.1) is 4.90 Å². The fourth-order valence-corrected chi connectivity index (χ4v) is 4.24. The molecule has 7 nitrogen and oxygen atoms in total. The van der Waals surface area contributed by atoms with Gasteiger partial charge in [-0.15, -0.1) is 0 Å². The Bertz CT molecular complexity index is 941. The summed E-state index contributed by atoms with van der Waals surface area (Å²) < 4.78 is 26.3. The van der Waals surface area contributed by atoms with Crippen molar-refractivity contribution >= 4 is 33.4 Å². The lowest BCUT2D eigenvalue weighted by atomic mass is 10.1. The van der Waals surface area contributed by atoms with E-state index in [0.29, 0.717) is 30.1 Å². The van der Waals surface area contributed by atoms with Gasteiger partial charge in [-0.2, -0.15) is 4.31 Å². The van der Waals surface area contributed by atoms with Crippen LogP contribution in [0.3, 0.4) is 0 Å². The van der Waals surface area contributed by atoms with Gasteiger partial charge < -0.3 is 0 Å². The van der Waals surface area contributed by atoms with E-state index in [2.05, 4.69) is 10.9 Å². The number of nitrogens with zero attached hydrogens (tertiary/aromatic N) is 1. The third-order valence-corrected chi connectivity index (χ3v) is 6.65. The highest BCUT2D eigenvalue weighted by Gasteiger charge is 2.21. The molecule has 0 radical (unpaired) electrons. The molecular weight excluding hydrogens is 414 g/mol. The average Bonchev–Trinajstić information content (AvgIpc) is 2.72. The molecule has 0 saturated heterocycles. The van der Waals surface area contributed by atoms with E-state index in [1.54, 1.807) is 62.4 Å². The van der Waals surface area contributed by atoms with Gasteiger partial charge in [0.15, 0.2) is 0 Å². The molecule has 0 saturated carbocycles. The summed E-state index contributed by atoms with van der Waals surface area (Å²) in [6, 6.07) is 12.7. The second kappa shape index (κ2) is 10.4. The van der Waals surface area contributed by atoms with E-state index in [9.17, 15) is 18.0 Å². The number of amides is 2. The molecule has 2 rings (SSSR count). The minimum atomic E-state index is -3.50. The van der Waals surface area contributed by atoms with Gasteiger partial charge in [-0.25, -0.2) is 8.42 Å². The number of rotatable bonds is 8. The van der Waals surface area contributed by atoms with Crippen LogP contribution in [0.4, 0.5) is 0 Å². The summed E-state index contributed by atoms with van der Waals surface area (Å²) in [5, 5.41) is 0.515. The van der Waals surface area contributed by atoms with Gasteiger partial charge in [-0.05, 0) is 48.4 Å². The van der Waals surface area contributed by atoms with Crippen LogP contribution in [0.1, 0.15) is 36.2 Å². The standard InChI is InChI=1S/C20H24ClN3O4S/c1-3-24(4-2)29(27,28)18-12-5-15(6-13-18)7-14-19(25)22-23-20(26)16-8-10-17(21)11-9-16/h5-6,8-13H,3-4,7,14H2,1-2H3,(H,22,25)(H,23,26). The van der Waals surface area contributed by atoms with Gasteiger partial charge in [-0.1, -0.05) is 37.6 Å². The Hall–Kier alpha value is -2.42. The van der Waals surface area contributed by atoms with E-state index in [0.717, 1.165) is 5.56 Å². The lowest BCUT2D eigenvalue weighted by molar-refractivity contribution is -0.121. The van der Waals surface area contributed by atoms with Crippen LogP contribution in [0.25, 0.3) is 0 Å². The predicted molar refractivity (Wildman–Crippen MR) is 112 cm³/mol. The largest absolute Gasteiger partial charge is 0.273 e. The fraction of sp³-hybridized carbons (Fsp3) is 0.300. The van der Waals surface area contributed by atoms with Gasteiger partial charge in [-0.3, -0.25) is 20.4 Å². The van der Waals surface area contributed by atoms with E-state index in [-0.39, 0.29) is 17.2 Å². The quantitative estimate of drug-likeness (QED) is 0.620. The highest BCUT2D eigenvalue weighted by molar-refractivity contribution is 7.89. The van der Waals surface area contributed by atoms with Gasteiger partial charge in [0.2, 0.25) is 15.9 Å². The molecule has 29 heavy (non-hydrogen) atoms. The number of benzene rings is 2. The Labute approximate surface area is 176 Å². The zero-order valence-corrected chi connectivity index (χ0v) is 17.9. The fourth-order valence-electron chi connectivity index (χ4n) is 2.66. The van der Waals surface area contributed by atoms with Crippen LogP contribution in [-0.2, 0) is 21.2 Å². The average molecular weight is 438 g/mol. The van der Waals surface area contributed by atoms with Gasteiger partial charge in [0.25, 0.3) is 5.91 Å². The first kappa shape index (κ1) is 22.9. The Morgan fingerprint density at radius 2 is 1.52 bits per heavy atom. The molecule has 9 heteroatoms. The number of aryl methyl sites for hydroxylation is 1. The molecule has 2 aromatic rings. The molecule has 156 valence electrons. The van der Waals surface area contributed by atoms with Crippen molar-refractivity contribution in [1.82, 2.24) is 15.2 Å². The lowest BCUT2D eigenvalue weighted by Crippen LogP contribution is -2.41. The Balaban J connectivity index is 1.86. The van der Waals surface area contributed by atoms with E-state index < -0.39 is 15.9 Å². The summed E-state index contributed by atoms with van der Waals surface area (Å²) in [6.07, 6.45) is 0.553. The summed E-state index contributed by atoms with van der Waals surface area (Å²) in [5.74, 6) is -0.798. The molecule has 0 atom stereocenters. The van der Waals surface area contributed by atoms with Crippen molar-refractivity contribution < 1.29 is 18.0 Å². The molecule has 0 aliphatic carbocycles. The van der Waals surface area contributed by atoms with Gasteiger partial charge in [0.1, 0.15) is 0 Å². The maximum absolute atomic E-state index is 12.5. The van der Waals surface area contributed by atoms with Gasteiger partial charge in [0, 0.05) is 30.1 Å². The van der Waals surface area contributed by atoms with Crippen LogP contribution in [0.2, 0.25) is 5.02 Å². The molecule has 0 spiro atoms. The molecule has 0 aromatic heterocycles. The Kier molecular flexibility index (Phi) is 8.19. The Morgan fingerprint density at radius 3 is 2.07 bits per heavy atom. The summed E-state index contributed by atoms with van der Waals surface area (Å²) >= 11 is 5.77. The molecule has 0 unspecified atom stereocenters.